The highest BCUT2D eigenvalue weighted by molar-refractivity contribution is 8.13. The lowest BCUT2D eigenvalue weighted by Gasteiger charge is -2.07. The van der Waals surface area contributed by atoms with Crippen molar-refractivity contribution in [3.05, 3.63) is 71.7 Å². The highest BCUT2D eigenvalue weighted by Crippen LogP contribution is 2.22. The molecule has 0 saturated carbocycles. The maximum atomic E-state index is 13.0. The molecule has 2 aromatic rings. The van der Waals surface area contributed by atoms with Crippen LogP contribution in [0.4, 0.5) is 10.1 Å². The molecule has 1 aliphatic rings. The van der Waals surface area contributed by atoms with Crippen molar-refractivity contribution in [2.24, 2.45) is 4.99 Å². The molecule has 0 atom stereocenters. The number of thioether (sulfide) groups is 1. The average molecular weight is 381 g/mol. The number of amides is 1. The largest absolute Gasteiger partial charge is 0.450 e. The second-order valence-electron chi connectivity index (χ2n) is 6.11. The minimum Gasteiger partial charge on any atom is -0.450 e. The molecule has 0 saturated heterocycles. The Kier molecular flexibility index (Phi) is 6.84. The van der Waals surface area contributed by atoms with Crippen LogP contribution >= 0.6 is 11.8 Å². The summed E-state index contributed by atoms with van der Waals surface area (Å²) < 4.78 is 13.0. The van der Waals surface area contributed by atoms with Crippen molar-refractivity contribution < 1.29 is 14.2 Å². The Morgan fingerprint density at radius 1 is 1.19 bits per heavy atom. The van der Waals surface area contributed by atoms with Gasteiger partial charge in [-0.15, -0.1) is 11.8 Å². The van der Waals surface area contributed by atoms with Crippen LogP contribution < -0.4 is 10.8 Å². The van der Waals surface area contributed by atoms with Crippen LogP contribution in [0, 0.1) is 5.82 Å². The Morgan fingerprint density at radius 2 is 1.96 bits per heavy atom. The average Bonchev–Trinajstić information content (AvgIpc) is 2.94. The van der Waals surface area contributed by atoms with Crippen molar-refractivity contribution in [3.63, 3.8) is 0 Å². The molecule has 7 heteroatoms. The Labute approximate surface area is 162 Å². The second kappa shape index (κ2) is 9.53. The first kappa shape index (κ1) is 19.4. The van der Waals surface area contributed by atoms with Crippen LogP contribution in [0.15, 0.2) is 65.3 Å². The Balaban J connectivity index is 1.62. The third-order valence-corrected chi connectivity index (χ3v) is 5.28. The number of halogens is 1. The number of anilines is 1. The van der Waals surface area contributed by atoms with Crippen LogP contribution in [0.5, 0.6) is 0 Å². The summed E-state index contributed by atoms with van der Waals surface area (Å²) in [5.74, 6) is 0.155. The van der Waals surface area contributed by atoms with Crippen molar-refractivity contribution in [2.45, 2.75) is 25.0 Å². The number of hydrogen-bond acceptors (Lipinski definition) is 4. The van der Waals surface area contributed by atoms with E-state index in [1.807, 2.05) is 24.3 Å². The van der Waals surface area contributed by atoms with E-state index in [0.29, 0.717) is 23.4 Å². The minimum absolute atomic E-state index is 0.211. The molecule has 137 valence electrons. The topological polar surface area (TPSA) is 61.7 Å². The molecule has 1 radical (unpaired) electrons. The van der Waals surface area contributed by atoms with E-state index in [1.54, 1.807) is 18.0 Å². The third-order valence-electron chi connectivity index (χ3n) is 4.18. The van der Waals surface area contributed by atoms with Gasteiger partial charge in [0, 0.05) is 23.2 Å². The van der Waals surface area contributed by atoms with Gasteiger partial charge in [0.05, 0.1) is 5.04 Å². The van der Waals surface area contributed by atoms with E-state index in [4.69, 9.17) is 0 Å². The van der Waals surface area contributed by atoms with Gasteiger partial charge in [0.25, 0.3) is 5.91 Å². The zero-order valence-corrected chi connectivity index (χ0v) is 15.5. The zero-order chi connectivity index (χ0) is 19.1. The van der Waals surface area contributed by atoms with Crippen LogP contribution in [-0.4, -0.2) is 23.5 Å². The number of aliphatic imine (C=N–C) groups is 1. The van der Waals surface area contributed by atoms with Gasteiger partial charge < -0.3 is 10.3 Å². The van der Waals surface area contributed by atoms with E-state index in [9.17, 15) is 14.2 Å². The van der Waals surface area contributed by atoms with Crippen LogP contribution in [0.3, 0.4) is 0 Å². The van der Waals surface area contributed by atoms with E-state index in [1.165, 1.54) is 24.3 Å². The highest BCUT2D eigenvalue weighted by atomic mass is 32.2. The van der Waals surface area contributed by atoms with Gasteiger partial charge in [-0.2, -0.15) is 0 Å². The molecule has 1 amide bonds. The number of hydrogen-bond donors (Lipinski definition) is 2. The van der Waals surface area contributed by atoms with E-state index < -0.39 is 0 Å². The number of nitrogens with one attached hydrogen (secondary N) is 1. The smallest absolute Gasteiger partial charge is 0.327 e. The van der Waals surface area contributed by atoms with Crippen LogP contribution in [-0.2, 0) is 10.5 Å². The molecule has 0 aliphatic carbocycles. The monoisotopic (exact) mass is 381 g/mol. The molecule has 0 aromatic heterocycles. The first-order valence-electron chi connectivity index (χ1n) is 8.66. The zero-order valence-electron chi connectivity index (χ0n) is 14.7. The molecule has 2 aromatic carbocycles. The fourth-order valence-electron chi connectivity index (χ4n) is 2.69. The summed E-state index contributed by atoms with van der Waals surface area (Å²) >= 11 is 1.61. The Morgan fingerprint density at radius 3 is 2.74 bits per heavy atom. The lowest BCUT2D eigenvalue weighted by Crippen LogP contribution is -2.18. The molecular weight excluding hydrogens is 362 g/mol. The van der Waals surface area contributed by atoms with Crippen molar-refractivity contribution >= 4 is 41.3 Å². The van der Waals surface area contributed by atoms with Gasteiger partial charge in [0.15, 0.2) is 0 Å². The van der Waals surface area contributed by atoms with E-state index in [0.717, 1.165) is 36.4 Å². The molecule has 27 heavy (non-hydrogen) atoms. The van der Waals surface area contributed by atoms with Crippen molar-refractivity contribution in [2.75, 3.05) is 5.32 Å². The molecule has 2 N–H and O–H groups in total. The summed E-state index contributed by atoms with van der Waals surface area (Å²) in [6, 6.07) is 13.3. The summed E-state index contributed by atoms with van der Waals surface area (Å²) in [7, 11) is 1.11. The fraction of sp³-hybridized carbons (Fsp3) is 0.200. The minimum atomic E-state index is -0.340. The van der Waals surface area contributed by atoms with Gasteiger partial charge in [0.2, 0.25) is 0 Å². The number of rotatable bonds is 5. The van der Waals surface area contributed by atoms with E-state index >= 15 is 0 Å². The molecule has 1 heterocycles. The van der Waals surface area contributed by atoms with E-state index in [2.05, 4.69) is 10.3 Å². The van der Waals surface area contributed by atoms with Gasteiger partial charge in [-0.05, 0) is 54.6 Å². The molecule has 3 rings (SSSR count). The van der Waals surface area contributed by atoms with Gasteiger partial charge in [-0.1, -0.05) is 24.3 Å². The summed E-state index contributed by atoms with van der Waals surface area (Å²) in [6.07, 6.45) is 3.90. The SMILES string of the molecule is O=C(Nc1ccc(F)cc1)C1=CN=C(SCc2ccccc2[B]O)CCC1. The number of nitrogens with zero attached hydrogens (tertiary/aromatic N) is 1. The lowest BCUT2D eigenvalue weighted by atomic mass is 9.85. The third kappa shape index (κ3) is 5.55. The van der Waals surface area contributed by atoms with Gasteiger partial charge in [-0.25, -0.2) is 4.39 Å². The van der Waals surface area contributed by atoms with Crippen LogP contribution in [0.2, 0.25) is 0 Å². The molecule has 0 fully saturated rings. The van der Waals surface area contributed by atoms with E-state index in [-0.39, 0.29) is 11.7 Å². The molecule has 0 bridgehead atoms. The summed E-state index contributed by atoms with van der Waals surface area (Å²) in [6.45, 7) is 0. The number of carbonyl (C=O) groups excluding carboxylic acids is 1. The maximum absolute atomic E-state index is 13.0. The molecule has 0 spiro atoms. The first-order valence-corrected chi connectivity index (χ1v) is 9.65. The summed E-state index contributed by atoms with van der Waals surface area (Å²) in [5, 5.41) is 13.0. The normalized spacial score (nSPS) is 14.0. The Bertz CT molecular complexity index is 869. The van der Waals surface area contributed by atoms with Crippen molar-refractivity contribution in [1.82, 2.24) is 0 Å². The van der Waals surface area contributed by atoms with Crippen molar-refractivity contribution in [1.29, 1.82) is 0 Å². The summed E-state index contributed by atoms with van der Waals surface area (Å²) in [5.41, 5.74) is 3.00. The quantitative estimate of drug-likeness (QED) is 0.781. The number of carbonyl (C=O) groups is 1. The maximum Gasteiger partial charge on any atom is 0.327 e. The molecule has 0 unspecified atom stereocenters. The molecule has 1 aliphatic heterocycles. The fourth-order valence-corrected chi connectivity index (χ4v) is 3.69. The van der Waals surface area contributed by atoms with Gasteiger partial charge >= 0.3 is 7.48 Å². The van der Waals surface area contributed by atoms with Crippen LogP contribution in [0.1, 0.15) is 24.8 Å². The standard InChI is InChI=1S/C20H19BFN2O2S/c22-16-8-10-17(11-9-16)24-20(25)14-5-3-7-19(23-12-14)27-13-15-4-1-2-6-18(15)21-26/h1-2,4,6,8-12,26H,3,5,7,13H2,(H,24,25). The second-order valence-corrected chi connectivity index (χ2v) is 7.16. The van der Waals surface area contributed by atoms with Gasteiger partial charge in [0.1, 0.15) is 5.82 Å². The van der Waals surface area contributed by atoms with Crippen molar-refractivity contribution in [3.8, 4) is 0 Å². The first-order chi connectivity index (χ1) is 13.2. The van der Waals surface area contributed by atoms with Crippen LogP contribution in [0.25, 0.3) is 0 Å². The predicted octanol–water partition coefficient (Wildman–Crippen LogP) is 3.40. The summed E-state index contributed by atoms with van der Waals surface area (Å²) in [4.78, 5) is 16.9. The molecular formula is C20H19BFN2O2S. The lowest BCUT2D eigenvalue weighted by molar-refractivity contribution is -0.113. The molecule has 4 nitrogen and oxygen atoms in total. The number of benzene rings is 2. The highest BCUT2D eigenvalue weighted by Gasteiger charge is 2.14. The Hall–Kier alpha value is -2.38. The predicted molar refractivity (Wildman–Crippen MR) is 110 cm³/mol. The van der Waals surface area contributed by atoms with Gasteiger partial charge in [-0.3, -0.25) is 9.79 Å².